The maximum Gasteiger partial charge on any atom is 0.251 e. The summed E-state index contributed by atoms with van der Waals surface area (Å²) in [5.74, 6) is 2.17. The van der Waals surface area contributed by atoms with Gasteiger partial charge in [0.15, 0.2) is 0 Å². The summed E-state index contributed by atoms with van der Waals surface area (Å²) in [6.07, 6.45) is 11.0. The van der Waals surface area contributed by atoms with E-state index in [1.54, 1.807) is 0 Å². The van der Waals surface area contributed by atoms with E-state index in [9.17, 15) is 4.79 Å². The number of fused-ring (bicyclic) bond motifs is 1. The van der Waals surface area contributed by atoms with Gasteiger partial charge in [0.1, 0.15) is 11.5 Å². The van der Waals surface area contributed by atoms with E-state index in [0.29, 0.717) is 17.2 Å². The first kappa shape index (κ1) is 18.0. The fraction of sp³-hybridized carbons (Fsp3) is 0.320. The second kappa shape index (κ2) is 7.78. The Balaban J connectivity index is 1.26. The molecule has 1 N–H and O–H groups in total. The molecular formula is C25H26N2O2. The number of hydrogen-bond donors (Lipinski definition) is 1. The minimum absolute atomic E-state index is 0.0243. The standard InChI is InChI=1S/C25H26N2O2/c28-25(26-17-18-7-8-18)21-3-1-6-23(16-21)29-24-10-9-19-11-13-27(22-4-2-5-22)14-12-20(19)15-24/h1-6,9-10,15-16,18H,7-8,11-14,17H2,(H,26,28). The summed E-state index contributed by atoms with van der Waals surface area (Å²) in [5.41, 5.74) is 4.74. The maximum absolute atomic E-state index is 12.3. The Kier molecular flexibility index (Phi) is 4.84. The van der Waals surface area contributed by atoms with Crippen molar-refractivity contribution in [3.63, 3.8) is 0 Å². The highest BCUT2D eigenvalue weighted by atomic mass is 16.5. The highest BCUT2D eigenvalue weighted by molar-refractivity contribution is 5.94. The summed E-state index contributed by atoms with van der Waals surface area (Å²) in [6.45, 7) is 2.86. The van der Waals surface area contributed by atoms with E-state index in [0.717, 1.165) is 38.2 Å². The predicted octanol–water partition coefficient (Wildman–Crippen LogP) is 4.47. The third-order valence-corrected chi connectivity index (χ3v) is 5.96. The van der Waals surface area contributed by atoms with Crippen molar-refractivity contribution in [2.24, 2.45) is 5.92 Å². The Hall–Kier alpha value is -3.01. The maximum atomic E-state index is 12.3. The van der Waals surface area contributed by atoms with Crippen LogP contribution in [0.3, 0.4) is 0 Å². The molecule has 1 saturated carbocycles. The molecule has 0 radical (unpaired) electrons. The highest BCUT2D eigenvalue weighted by Gasteiger charge is 2.22. The third-order valence-electron chi connectivity index (χ3n) is 5.96. The van der Waals surface area contributed by atoms with Crippen molar-refractivity contribution in [1.29, 1.82) is 0 Å². The number of carbonyl (C=O) groups excluding carboxylic acids is 1. The van der Waals surface area contributed by atoms with Gasteiger partial charge >= 0.3 is 0 Å². The molecule has 29 heavy (non-hydrogen) atoms. The van der Waals surface area contributed by atoms with Crippen LogP contribution in [0.4, 0.5) is 0 Å². The van der Waals surface area contributed by atoms with Crippen LogP contribution in [0.25, 0.3) is 0 Å². The number of hydrogen-bond acceptors (Lipinski definition) is 3. The average molecular weight is 386 g/mol. The van der Waals surface area contributed by atoms with E-state index in [2.05, 4.69) is 40.6 Å². The highest BCUT2D eigenvalue weighted by Crippen LogP contribution is 2.29. The van der Waals surface area contributed by atoms with Gasteiger partial charge in [0.25, 0.3) is 5.91 Å². The van der Waals surface area contributed by atoms with E-state index in [4.69, 9.17) is 4.74 Å². The second-order valence-corrected chi connectivity index (χ2v) is 8.15. The van der Waals surface area contributed by atoms with Crippen molar-refractivity contribution < 1.29 is 9.53 Å². The second-order valence-electron chi connectivity index (χ2n) is 8.15. The summed E-state index contributed by atoms with van der Waals surface area (Å²) < 4.78 is 6.10. The van der Waals surface area contributed by atoms with Crippen LogP contribution in [0, 0.1) is 5.92 Å². The molecule has 4 nitrogen and oxygen atoms in total. The van der Waals surface area contributed by atoms with E-state index in [1.807, 2.05) is 30.3 Å². The van der Waals surface area contributed by atoms with E-state index < -0.39 is 0 Å². The number of allylic oxidation sites excluding steroid dienone is 3. The van der Waals surface area contributed by atoms with Crippen LogP contribution in [0.1, 0.15) is 34.3 Å². The third kappa shape index (κ3) is 4.21. The minimum atomic E-state index is -0.0243. The molecule has 2 aliphatic carbocycles. The smallest absolute Gasteiger partial charge is 0.251 e. The summed E-state index contributed by atoms with van der Waals surface area (Å²) in [5, 5.41) is 3.01. The summed E-state index contributed by atoms with van der Waals surface area (Å²) in [7, 11) is 0. The van der Waals surface area contributed by atoms with Gasteiger partial charge in [-0.3, -0.25) is 4.79 Å². The Morgan fingerprint density at radius 2 is 1.83 bits per heavy atom. The first-order chi connectivity index (χ1) is 14.2. The molecule has 1 amide bonds. The fourth-order valence-electron chi connectivity index (χ4n) is 3.91. The topological polar surface area (TPSA) is 41.6 Å². The fourth-order valence-corrected chi connectivity index (χ4v) is 3.91. The largest absolute Gasteiger partial charge is 0.457 e. The van der Waals surface area contributed by atoms with Gasteiger partial charge in [-0.15, -0.1) is 0 Å². The number of nitrogens with zero attached hydrogens (tertiary/aromatic N) is 1. The van der Waals surface area contributed by atoms with Gasteiger partial charge in [-0.2, -0.15) is 0 Å². The Morgan fingerprint density at radius 1 is 1.03 bits per heavy atom. The predicted molar refractivity (Wildman–Crippen MR) is 114 cm³/mol. The van der Waals surface area contributed by atoms with Crippen LogP contribution in [-0.4, -0.2) is 30.4 Å². The van der Waals surface area contributed by atoms with Crippen LogP contribution in [0.2, 0.25) is 0 Å². The van der Waals surface area contributed by atoms with Crippen LogP contribution in [0.15, 0.2) is 66.4 Å². The van der Waals surface area contributed by atoms with Gasteiger partial charge in [-0.1, -0.05) is 18.2 Å². The quantitative estimate of drug-likeness (QED) is 0.796. The average Bonchev–Trinajstić information content (AvgIpc) is 3.53. The molecule has 2 aromatic carbocycles. The Labute approximate surface area is 171 Å². The summed E-state index contributed by atoms with van der Waals surface area (Å²) >= 11 is 0. The zero-order valence-electron chi connectivity index (χ0n) is 16.6. The van der Waals surface area contributed by atoms with E-state index >= 15 is 0 Å². The lowest BCUT2D eigenvalue weighted by Gasteiger charge is -2.26. The van der Waals surface area contributed by atoms with Crippen LogP contribution < -0.4 is 10.1 Å². The van der Waals surface area contributed by atoms with Gasteiger partial charge in [-0.05, 0) is 85.2 Å². The van der Waals surface area contributed by atoms with Crippen molar-refractivity contribution in [3.8, 4) is 11.5 Å². The summed E-state index contributed by atoms with van der Waals surface area (Å²) in [4.78, 5) is 14.8. The molecule has 1 fully saturated rings. The lowest BCUT2D eigenvalue weighted by Crippen LogP contribution is -2.26. The zero-order chi connectivity index (χ0) is 19.6. The molecule has 0 atom stereocenters. The van der Waals surface area contributed by atoms with Crippen molar-refractivity contribution in [2.75, 3.05) is 19.6 Å². The number of benzene rings is 2. The van der Waals surface area contributed by atoms with Crippen molar-refractivity contribution >= 4 is 5.91 Å². The van der Waals surface area contributed by atoms with Gasteiger partial charge in [-0.25, -0.2) is 0 Å². The molecule has 2 aromatic rings. The van der Waals surface area contributed by atoms with Gasteiger partial charge in [0, 0.05) is 30.9 Å². The molecular weight excluding hydrogens is 360 g/mol. The first-order valence-electron chi connectivity index (χ1n) is 10.6. The molecule has 0 aromatic heterocycles. The van der Waals surface area contributed by atoms with Gasteiger partial charge in [0.05, 0.1) is 0 Å². The molecule has 0 bridgehead atoms. The van der Waals surface area contributed by atoms with Crippen LogP contribution in [-0.2, 0) is 12.8 Å². The molecule has 5 rings (SSSR count). The Bertz CT molecular complexity index is 988. The molecule has 1 heterocycles. The zero-order valence-corrected chi connectivity index (χ0v) is 16.6. The lowest BCUT2D eigenvalue weighted by molar-refractivity contribution is 0.0951. The van der Waals surface area contributed by atoms with Crippen molar-refractivity contribution in [3.05, 3.63) is 83.1 Å². The van der Waals surface area contributed by atoms with Crippen molar-refractivity contribution in [2.45, 2.75) is 25.7 Å². The SMILES string of the molecule is O=C(NCC1CC1)c1cccc(Oc2ccc3c(c2)CCN(C2=CC=C2)CC3)c1. The molecule has 148 valence electrons. The normalized spacial score (nSPS) is 17.7. The van der Waals surface area contributed by atoms with E-state index in [1.165, 1.54) is 29.7 Å². The van der Waals surface area contributed by atoms with Gasteiger partial charge < -0.3 is 15.0 Å². The Morgan fingerprint density at radius 3 is 2.59 bits per heavy atom. The molecule has 1 aliphatic heterocycles. The minimum Gasteiger partial charge on any atom is -0.457 e. The number of nitrogens with one attached hydrogen (secondary N) is 1. The first-order valence-corrected chi connectivity index (χ1v) is 10.6. The molecule has 4 heteroatoms. The van der Waals surface area contributed by atoms with Crippen molar-refractivity contribution in [1.82, 2.24) is 10.2 Å². The van der Waals surface area contributed by atoms with Crippen LogP contribution in [0.5, 0.6) is 11.5 Å². The van der Waals surface area contributed by atoms with Crippen LogP contribution >= 0.6 is 0 Å². The number of ether oxygens (including phenoxy) is 1. The molecule has 0 saturated heterocycles. The molecule has 0 spiro atoms. The number of carbonyl (C=O) groups is 1. The molecule has 0 unspecified atom stereocenters. The summed E-state index contributed by atoms with van der Waals surface area (Å²) in [6, 6.07) is 13.8. The number of rotatable bonds is 6. The van der Waals surface area contributed by atoms with Gasteiger partial charge in [0.2, 0.25) is 0 Å². The number of amides is 1. The molecule has 3 aliphatic rings. The monoisotopic (exact) mass is 386 g/mol. The lowest BCUT2D eigenvalue weighted by atomic mass is 10.0. The van der Waals surface area contributed by atoms with E-state index in [-0.39, 0.29) is 5.91 Å².